The third kappa shape index (κ3) is 2.95. The molecule has 0 spiro atoms. The van der Waals surface area contributed by atoms with Gasteiger partial charge >= 0.3 is 0 Å². The number of hydrogen-bond acceptors (Lipinski definition) is 4. The van der Waals surface area contributed by atoms with Crippen LogP contribution in [0.15, 0.2) is 6.07 Å². The van der Waals surface area contributed by atoms with Gasteiger partial charge in [0.05, 0.1) is 18.2 Å². The summed E-state index contributed by atoms with van der Waals surface area (Å²) in [5, 5.41) is 16.5. The summed E-state index contributed by atoms with van der Waals surface area (Å²) < 4.78 is 0. The molecule has 0 aliphatic carbocycles. The first-order chi connectivity index (χ1) is 7.06. The van der Waals surface area contributed by atoms with Gasteiger partial charge in [-0.1, -0.05) is 23.2 Å². The molecule has 0 aliphatic heterocycles. The summed E-state index contributed by atoms with van der Waals surface area (Å²) in [5.41, 5.74) is 0.680. The Morgan fingerprint density at radius 3 is 2.80 bits per heavy atom. The zero-order valence-corrected chi connectivity index (χ0v) is 9.92. The second-order valence-corrected chi connectivity index (χ2v) is 3.91. The highest BCUT2D eigenvalue weighted by molar-refractivity contribution is 6.33. The molecule has 0 radical (unpaired) electrons. The van der Waals surface area contributed by atoms with Crippen molar-refractivity contribution in [3.63, 3.8) is 0 Å². The highest BCUT2D eigenvalue weighted by Crippen LogP contribution is 2.26. The standard InChI is InChI=1S/C9H10Cl2N4/c1-6(3-4-12)15(2)7-5-8(10)13-14-9(7)11/h5-6H,3H2,1-2H3. The lowest BCUT2D eigenvalue weighted by Crippen LogP contribution is -2.28. The van der Waals surface area contributed by atoms with Gasteiger partial charge in [0.25, 0.3) is 0 Å². The highest BCUT2D eigenvalue weighted by atomic mass is 35.5. The molecule has 0 aliphatic rings. The molecule has 80 valence electrons. The summed E-state index contributed by atoms with van der Waals surface area (Å²) in [6.45, 7) is 1.92. The Morgan fingerprint density at radius 2 is 2.20 bits per heavy atom. The zero-order valence-electron chi connectivity index (χ0n) is 8.41. The molecule has 15 heavy (non-hydrogen) atoms. The topological polar surface area (TPSA) is 52.8 Å². The van der Waals surface area contributed by atoms with Gasteiger partial charge in [0.15, 0.2) is 10.3 Å². The lowest BCUT2D eigenvalue weighted by atomic mass is 10.2. The van der Waals surface area contributed by atoms with Crippen molar-refractivity contribution in [2.75, 3.05) is 11.9 Å². The van der Waals surface area contributed by atoms with Gasteiger partial charge in [-0.2, -0.15) is 5.26 Å². The highest BCUT2D eigenvalue weighted by Gasteiger charge is 2.14. The maximum Gasteiger partial charge on any atom is 0.175 e. The second kappa shape index (κ2) is 5.15. The minimum atomic E-state index is 0.0489. The summed E-state index contributed by atoms with van der Waals surface area (Å²) in [4.78, 5) is 1.85. The van der Waals surface area contributed by atoms with Crippen LogP contribution in [0.4, 0.5) is 5.69 Å². The Hall–Kier alpha value is -1.05. The predicted molar refractivity (Wildman–Crippen MR) is 60.1 cm³/mol. The smallest absolute Gasteiger partial charge is 0.175 e. The average molecular weight is 245 g/mol. The van der Waals surface area contributed by atoms with Crippen LogP contribution in [-0.4, -0.2) is 23.3 Å². The monoisotopic (exact) mass is 244 g/mol. The fraction of sp³-hybridized carbons (Fsp3) is 0.444. The van der Waals surface area contributed by atoms with Crippen molar-refractivity contribution in [2.45, 2.75) is 19.4 Å². The van der Waals surface area contributed by atoms with E-state index in [1.54, 1.807) is 6.07 Å². The van der Waals surface area contributed by atoms with E-state index >= 15 is 0 Å². The first-order valence-electron chi connectivity index (χ1n) is 4.34. The summed E-state index contributed by atoms with van der Waals surface area (Å²) in [7, 11) is 1.83. The molecule has 4 nitrogen and oxygen atoms in total. The van der Waals surface area contributed by atoms with E-state index in [1.807, 2.05) is 18.9 Å². The molecule has 0 saturated carbocycles. The van der Waals surface area contributed by atoms with E-state index in [4.69, 9.17) is 28.5 Å². The maximum atomic E-state index is 8.59. The molecule has 1 atom stereocenters. The van der Waals surface area contributed by atoms with Gasteiger partial charge in [-0.25, -0.2) is 0 Å². The SMILES string of the molecule is CC(CC#N)N(C)c1cc(Cl)nnc1Cl. The van der Waals surface area contributed by atoms with Crippen molar-refractivity contribution in [3.8, 4) is 6.07 Å². The lowest BCUT2D eigenvalue weighted by molar-refractivity contribution is 0.700. The second-order valence-electron chi connectivity index (χ2n) is 3.17. The van der Waals surface area contributed by atoms with E-state index in [0.717, 1.165) is 0 Å². The minimum absolute atomic E-state index is 0.0489. The largest absolute Gasteiger partial charge is 0.368 e. The van der Waals surface area contributed by atoms with E-state index in [1.165, 1.54) is 0 Å². The van der Waals surface area contributed by atoms with Crippen LogP contribution in [-0.2, 0) is 0 Å². The minimum Gasteiger partial charge on any atom is -0.368 e. The molecule has 6 heteroatoms. The van der Waals surface area contributed by atoms with Crippen LogP contribution in [0.2, 0.25) is 10.3 Å². The third-order valence-electron chi connectivity index (χ3n) is 2.13. The molecule has 0 fully saturated rings. The van der Waals surface area contributed by atoms with Gasteiger partial charge in [-0.3, -0.25) is 0 Å². The summed E-state index contributed by atoms with van der Waals surface area (Å²) >= 11 is 11.6. The molecule has 1 aromatic heterocycles. The number of aromatic nitrogens is 2. The Kier molecular flexibility index (Phi) is 4.13. The van der Waals surface area contributed by atoms with Crippen molar-refractivity contribution < 1.29 is 0 Å². The van der Waals surface area contributed by atoms with Crippen LogP contribution in [0.3, 0.4) is 0 Å². The van der Waals surface area contributed by atoms with Crippen LogP contribution < -0.4 is 4.90 Å². The lowest BCUT2D eigenvalue weighted by Gasteiger charge is -2.25. The molecule has 1 rings (SSSR count). The van der Waals surface area contributed by atoms with Gasteiger partial charge < -0.3 is 4.90 Å². The average Bonchev–Trinajstić information content (AvgIpc) is 2.21. The number of hydrogen-bond donors (Lipinski definition) is 0. The third-order valence-corrected chi connectivity index (χ3v) is 2.58. The number of nitriles is 1. The van der Waals surface area contributed by atoms with Crippen molar-refractivity contribution >= 4 is 28.9 Å². The van der Waals surface area contributed by atoms with Crippen molar-refractivity contribution in [1.82, 2.24) is 10.2 Å². The van der Waals surface area contributed by atoms with Crippen molar-refractivity contribution in [2.24, 2.45) is 0 Å². The van der Waals surface area contributed by atoms with Crippen LogP contribution in [0, 0.1) is 11.3 Å². The van der Waals surface area contributed by atoms with Gasteiger partial charge in [0.1, 0.15) is 0 Å². The number of nitrogens with zero attached hydrogens (tertiary/aromatic N) is 4. The van der Waals surface area contributed by atoms with Gasteiger partial charge in [-0.15, -0.1) is 10.2 Å². The predicted octanol–water partition coefficient (Wildman–Crippen LogP) is 2.52. The van der Waals surface area contributed by atoms with Crippen LogP contribution in [0.5, 0.6) is 0 Å². The van der Waals surface area contributed by atoms with Crippen molar-refractivity contribution in [1.29, 1.82) is 5.26 Å². The van der Waals surface area contributed by atoms with Gasteiger partial charge in [-0.05, 0) is 6.92 Å². The Bertz CT molecular complexity index is 388. The van der Waals surface area contributed by atoms with Crippen LogP contribution >= 0.6 is 23.2 Å². The zero-order chi connectivity index (χ0) is 11.4. The molecule has 0 aromatic carbocycles. The molecule has 0 saturated heterocycles. The summed E-state index contributed by atoms with van der Waals surface area (Å²) in [5.74, 6) is 0. The van der Waals surface area contributed by atoms with Crippen LogP contribution in [0.1, 0.15) is 13.3 Å². The van der Waals surface area contributed by atoms with Crippen LogP contribution in [0.25, 0.3) is 0 Å². The van der Waals surface area contributed by atoms with E-state index < -0.39 is 0 Å². The van der Waals surface area contributed by atoms with Crippen molar-refractivity contribution in [3.05, 3.63) is 16.4 Å². The quantitative estimate of drug-likeness (QED) is 0.820. The molecule has 1 unspecified atom stereocenters. The number of rotatable bonds is 3. The van der Waals surface area contributed by atoms with E-state index in [2.05, 4.69) is 16.3 Å². The van der Waals surface area contributed by atoms with E-state index in [9.17, 15) is 0 Å². The Balaban J connectivity index is 2.95. The van der Waals surface area contributed by atoms with Gasteiger partial charge in [0, 0.05) is 19.2 Å². The summed E-state index contributed by atoms with van der Waals surface area (Å²) in [6.07, 6.45) is 0.409. The normalized spacial score (nSPS) is 11.9. The molecular formula is C9H10Cl2N4. The molecule has 0 N–H and O–H groups in total. The van der Waals surface area contributed by atoms with Gasteiger partial charge in [0.2, 0.25) is 0 Å². The Morgan fingerprint density at radius 1 is 1.53 bits per heavy atom. The summed E-state index contributed by atoms with van der Waals surface area (Å²) in [6, 6.07) is 3.78. The number of halogens is 2. The first kappa shape index (κ1) is 12.0. The molecule has 0 amide bonds. The fourth-order valence-corrected chi connectivity index (χ4v) is 1.46. The maximum absolute atomic E-state index is 8.59. The number of anilines is 1. The van der Waals surface area contributed by atoms with E-state index in [0.29, 0.717) is 12.1 Å². The molecule has 0 bridgehead atoms. The molecule has 1 aromatic rings. The fourth-order valence-electron chi connectivity index (χ4n) is 1.10. The Labute approximate surface area is 98.4 Å². The molecular weight excluding hydrogens is 235 g/mol. The first-order valence-corrected chi connectivity index (χ1v) is 5.10. The molecule has 1 heterocycles. The van der Waals surface area contributed by atoms with E-state index in [-0.39, 0.29) is 16.3 Å².